The largest absolute Gasteiger partial charge is 0.314 e. The van der Waals surface area contributed by atoms with Crippen molar-refractivity contribution in [3.63, 3.8) is 0 Å². The first-order chi connectivity index (χ1) is 7.45. The average molecular weight is 239 g/mol. The molecule has 92 valence electrons. The van der Waals surface area contributed by atoms with Crippen molar-refractivity contribution >= 4 is 11.3 Å². The van der Waals surface area contributed by atoms with Crippen LogP contribution in [0.1, 0.15) is 51.0 Å². The first-order valence-corrected chi connectivity index (χ1v) is 7.12. The molecular formula is C14H25NS. The fourth-order valence-corrected chi connectivity index (χ4v) is 3.04. The van der Waals surface area contributed by atoms with E-state index in [2.05, 4.69) is 51.4 Å². The minimum Gasteiger partial charge on any atom is -0.314 e. The molecule has 1 aromatic heterocycles. The zero-order valence-electron chi connectivity index (χ0n) is 11.3. The van der Waals surface area contributed by atoms with Gasteiger partial charge in [-0.1, -0.05) is 20.8 Å². The number of nitrogens with one attached hydrogen (secondary N) is 1. The molecule has 0 amide bonds. The zero-order valence-corrected chi connectivity index (χ0v) is 12.1. The van der Waals surface area contributed by atoms with E-state index in [0.717, 1.165) is 6.54 Å². The predicted molar refractivity (Wildman–Crippen MR) is 74.5 cm³/mol. The molecule has 1 heterocycles. The van der Waals surface area contributed by atoms with Gasteiger partial charge in [0, 0.05) is 10.9 Å². The predicted octanol–water partition coefficient (Wildman–Crippen LogP) is 4.11. The van der Waals surface area contributed by atoms with E-state index in [1.165, 1.54) is 23.3 Å². The highest BCUT2D eigenvalue weighted by molar-refractivity contribution is 7.10. The van der Waals surface area contributed by atoms with Gasteiger partial charge in [-0.25, -0.2) is 0 Å². The smallest absolute Gasteiger partial charge is 0.00470 e. The lowest BCUT2D eigenvalue weighted by Gasteiger charge is -2.28. The van der Waals surface area contributed by atoms with Gasteiger partial charge in [-0.15, -0.1) is 11.3 Å². The number of rotatable bonds is 6. The van der Waals surface area contributed by atoms with E-state index < -0.39 is 0 Å². The molecule has 2 heteroatoms. The molecular weight excluding hydrogens is 214 g/mol. The van der Waals surface area contributed by atoms with Crippen LogP contribution in [0.15, 0.2) is 11.4 Å². The van der Waals surface area contributed by atoms with E-state index in [1.807, 2.05) is 11.3 Å². The fourth-order valence-electron chi connectivity index (χ4n) is 2.14. The van der Waals surface area contributed by atoms with Crippen molar-refractivity contribution in [1.29, 1.82) is 0 Å². The monoisotopic (exact) mass is 239 g/mol. The summed E-state index contributed by atoms with van der Waals surface area (Å²) in [5, 5.41) is 5.88. The number of aryl methyl sites for hydroxylation is 1. The molecule has 0 aliphatic carbocycles. The van der Waals surface area contributed by atoms with Crippen LogP contribution in [0.3, 0.4) is 0 Å². The van der Waals surface area contributed by atoms with Crippen molar-refractivity contribution in [2.75, 3.05) is 6.54 Å². The highest BCUT2D eigenvalue weighted by Crippen LogP contribution is 2.31. The molecule has 1 atom stereocenters. The molecule has 0 saturated carbocycles. The maximum atomic E-state index is 3.57. The molecule has 0 aliphatic heterocycles. The third kappa shape index (κ3) is 3.91. The number of hydrogen-bond acceptors (Lipinski definition) is 2. The second kappa shape index (κ2) is 5.83. The maximum absolute atomic E-state index is 3.57. The Kier molecular flexibility index (Phi) is 5.00. The maximum Gasteiger partial charge on any atom is 0.00470 e. The number of thiophene rings is 1. The lowest BCUT2D eigenvalue weighted by atomic mass is 9.80. The van der Waals surface area contributed by atoms with Gasteiger partial charge in [0.1, 0.15) is 0 Å². The van der Waals surface area contributed by atoms with Crippen LogP contribution in [0.4, 0.5) is 0 Å². The van der Waals surface area contributed by atoms with Gasteiger partial charge in [0.25, 0.3) is 0 Å². The first kappa shape index (κ1) is 13.7. The summed E-state index contributed by atoms with van der Waals surface area (Å²) >= 11 is 1.86. The van der Waals surface area contributed by atoms with E-state index in [0.29, 0.717) is 6.04 Å². The minimum atomic E-state index is 0.283. The van der Waals surface area contributed by atoms with Gasteiger partial charge in [0.05, 0.1) is 0 Å². The topological polar surface area (TPSA) is 12.0 Å². The van der Waals surface area contributed by atoms with Gasteiger partial charge in [-0.3, -0.25) is 0 Å². The Morgan fingerprint density at radius 2 is 2.12 bits per heavy atom. The van der Waals surface area contributed by atoms with E-state index in [1.54, 1.807) is 0 Å². The van der Waals surface area contributed by atoms with Gasteiger partial charge >= 0.3 is 0 Å². The molecule has 0 radical (unpaired) electrons. The lowest BCUT2D eigenvalue weighted by Crippen LogP contribution is -2.33. The van der Waals surface area contributed by atoms with Crippen LogP contribution in [-0.4, -0.2) is 12.6 Å². The summed E-state index contributed by atoms with van der Waals surface area (Å²) in [6.07, 6.45) is 2.41. The molecule has 0 saturated heterocycles. The zero-order chi connectivity index (χ0) is 12.2. The summed E-state index contributed by atoms with van der Waals surface area (Å²) in [6.45, 7) is 12.5. The van der Waals surface area contributed by atoms with Crippen molar-refractivity contribution in [2.45, 2.75) is 58.9 Å². The normalized spacial score (nSPS) is 14.1. The quantitative estimate of drug-likeness (QED) is 0.787. The number of hydrogen-bond donors (Lipinski definition) is 1. The third-order valence-electron chi connectivity index (χ3n) is 3.07. The van der Waals surface area contributed by atoms with Gasteiger partial charge in [-0.2, -0.15) is 0 Å². The average Bonchev–Trinajstić information content (AvgIpc) is 2.62. The highest BCUT2D eigenvalue weighted by atomic mass is 32.1. The molecule has 0 spiro atoms. The molecule has 0 aromatic carbocycles. The minimum absolute atomic E-state index is 0.283. The van der Waals surface area contributed by atoms with Crippen molar-refractivity contribution in [3.05, 3.63) is 21.9 Å². The second-order valence-corrected chi connectivity index (χ2v) is 6.50. The Bertz CT molecular complexity index is 314. The fraction of sp³-hybridized carbons (Fsp3) is 0.714. The van der Waals surface area contributed by atoms with Crippen LogP contribution in [0.25, 0.3) is 0 Å². The van der Waals surface area contributed by atoms with Gasteiger partial charge < -0.3 is 5.32 Å². The molecule has 0 fully saturated rings. The molecule has 1 nitrogen and oxygen atoms in total. The van der Waals surface area contributed by atoms with Crippen LogP contribution in [0.2, 0.25) is 0 Å². The van der Waals surface area contributed by atoms with E-state index in [9.17, 15) is 0 Å². The van der Waals surface area contributed by atoms with Crippen LogP contribution >= 0.6 is 11.3 Å². The summed E-state index contributed by atoms with van der Waals surface area (Å²) in [5.41, 5.74) is 1.77. The van der Waals surface area contributed by atoms with Crippen LogP contribution in [-0.2, 0) is 5.41 Å². The van der Waals surface area contributed by atoms with Crippen molar-refractivity contribution < 1.29 is 0 Å². The Morgan fingerprint density at radius 1 is 1.44 bits per heavy atom. The summed E-state index contributed by atoms with van der Waals surface area (Å²) in [5.74, 6) is 0. The van der Waals surface area contributed by atoms with Crippen LogP contribution in [0.5, 0.6) is 0 Å². The summed E-state index contributed by atoms with van der Waals surface area (Å²) in [7, 11) is 0. The Hall–Kier alpha value is -0.340. The molecule has 1 aromatic rings. The second-order valence-electron chi connectivity index (χ2n) is 5.39. The van der Waals surface area contributed by atoms with Crippen LogP contribution < -0.4 is 5.32 Å². The van der Waals surface area contributed by atoms with E-state index in [4.69, 9.17) is 0 Å². The SMILES string of the molecule is CCCNC(C)CC(C)(C)c1csc(C)c1. The van der Waals surface area contributed by atoms with Crippen molar-refractivity contribution in [2.24, 2.45) is 0 Å². The van der Waals surface area contributed by atoms with Crippen molar-refractivity contribution in [3.8, 4) is 0 Å². The molecule has 0 aliphatic rings. The van der Waals surface area contributed by atoms with Crippen molar-refractivity contribution in [1.82, 2.24) is 5.32 Å². The Labute approximate surface area is 104 Å². The molecule has 0 bridgehead atoms. The van der Waals surface area contributed by atoms with Crippen LogP contribution in [0, 0.1) is 6.92 Å². The summed E-state index contributed by atoms with van der Waals surface area (Å²) < 4.78 is 0. The Balaban J connectivity index is 2.57. The molecule has 1 rings (SSSR count). The molecule has 16 heavy (non-hydrogen) atoms. The Morgan fingerprint density at radius 3 is 2.62 bits per heavy atom. The summed E-state index contributed by atoms with van der Waals surface area (Å²) in [6, 6.07) is 2.92. The van der Waals surface area contributed by atoms with Gasteiger partial charge in [-0.05, 0) is 55.7 Å². The van der Waals surface area contributed by atoms with E-state index in [-0.39, 0.29) is 5.41 Å². The first-order valence-electron chi connectivity index (χ1n) is 6.24. The highest BCUT2D eigenvalue weighted by Gasteiger charge is 2.23. The standard InChI is InChI=1S/C14H25NS/c1-6-7-15-11(2)9-14(4,5)13-8-12(3)16-10-13/h8,10-11,15H,6-7,9H2,1-5H3. The molecule has 1 unspecified atom stereocenters. The van der Waals surface area contributed by atoms with Gasteiger partial charge in [0.2, 0.25) is 0 Å². The van der Waals surface area contributed by atoms with E-state index >= 15 is 0 Å². The third-order valence-corrected chi connectivity index (χ3v) is 3.93. The molecule has 1 N–H and O–H groups in total. The van der Waals surface area contributed by atoms with Gasteiger partial charge in [0.15, 0.2) is 0 Å². The lowest BCUT2D eigenvalue weighted by molar-refractivity contribution is 0.390. The summed E-state index contributed by atoms with van der Waals surface area (Å²) in [4.78, 5) is 1.41.